The third kappa shape index (κ3) is 5.89. The number of aliphatic hydroxyl groups is 1. The number of nitrogens with one attached hydrogen (secondary N) is 1. The van der Waals surface area contributed by atoms with Crippen LogP contribution in [-0.4, -0.2) is 34.3 Å². The van der Waals surface area contributed by atoms with Crippen molar-refractivity contribution >= 4 is 11.8 Å². The molecule has 1 atom stereocenters. The number of aliphatic hydroxyl groups excluding tert-OH is 1. The molecule has 0 amide bonds. The molecule has 1 aliphatic rings. The lowest BCUT2D eigenvalue weighted by Crippen LogP contribution is -2.34. The lowest BCUT2D eigenvalue weighted by molar-refractivity contribution is 0.238. The molecular formula is C11H23NOS. The molecule has 0 radical (unpaired) electrons. The fourth-order valence-corrected chi connectivity index (χ4v) is 2.33. The predicted molar refractivity (Wildman–Crippen MR) is 63.9 cm³/mol. The summed E-state index contributed by atoms with van der Waals surface area (Å²) < 4.78 is 0.347. The Kier molecular flexibility index (Phi) is 4.74. The van der Waals surface area contributed by atoms with Crippen LogP contribution in [0.1, 0.15) is 40.0 Å². The van der Waals surface area contributed by atoms with Gasteiger partial charge in [0.1, 0.15) is 0 Å². The third-order valence-corrected chi connectivity index (χ3v) is 3.58. The molecule has 2 N–H and O–H groups in total. The van der Waals surface area contributed by atoms with E-state index in [0.29, 0.717) is 16.8 Å². The highest BCUT2D eigenvalue weighted by molar-refractivity contribution is 8.00. The molecule has 1 saturated carbocycles. The van der Waals surface area contributed by atoms with Crippen molar-refractivity contribution in [3.05, 3.63) is 0 Å². The van der Waals surface area contributed by atoms with Crippen LogP contribution in [0, 0.1) is 0 Å². The molecule has 3 heteroatoms. The van der Waals surface area contributed by atoms with Crippen LogP contribution >= 0.6 is 11.8 Å². The summed E-state index contributed by atoms with van der Waals surface area (Å²) in [5.74, 6) is 1.13. The highest BCUT2D eigenvalue weighted by atomic mass is 32.2. The molecule has 0 bridgehead atoms. The SMILES string of the molecule is CC(C)(C)SCCC(CO)NC1CC1. The first kappa shape index (κ1) is 12.3. The zero-order valence-electron chi connectivity index (χ0n) is 9.55. The van der Waals surface area contributed by atoms with Gasteiger partial charge >= 0.3 is 0 Å². The zero-order chi connectivity index (χ0) is 10.6. The van der Waals surface area contributed by atoms with Crippen LogP contribution in [0.5, 0.6) is 0 Å². The van der Waals surface area contributed by atoms with Crippen molar-refractivity contribution in [3.8, 4) is 0 Å². The molecule has 84 valence electrons. The van der Waals surface area contributed by atoms with E-state index >= 15 is 0 Å². The number of rotatable bonds is 6. The molecule has 1 aliphatic carbocycles. The molecule has 0 saturated heterocycles. The summed E-state index contributed by atoms with van der Waals surface area (Å²) in [5.41, 5.74) is 0. The first-order chi connectivity index (χ1) is 6.51. The minimum absolute atomic E-state index is 0.279. The fourth-order valence-electron chi connectivity index (χ4n) is 1.32. The molecule has 14 heavy (non-hydrogen) atoms. The van der Waals surface area contributed by atoms with E-state index in [9.17, 15) is 0 Å². The minimum Gasteiger partial charge on any atom is -0.395 e. The molecule has 1 fully saturated rings. The predicted octanol–water partition coefficient (Wildman–Crippen LogP) is 2.02. The van der Waals surface area contributed by atoms with Gasteiger partial charge in [0.15, 0.2) is 0 Å². The lowest BCUT2D eigenvalue weighted by atomic mass is 10.2. The summed E-state index contributed by atoms with van der Waals surface area (Å²) in [7, 11) is 0. The van der Waals surface area contributed by atoms with Gasteiger partial charge in [-0.3, -0.25) is 0 Å². The van der Waals surface area contributed by atoms with Crippen molar-refractivity contribution in [2.75, 3.05) is 12.4 Å². The molecule has 0 heterocycles. The highest BCUT2D eigenvalue weighted by Crippen LogP contribution is 2.25. The Hall–Kier alpha value is 0.270. The van der Waals surface area contributed by atoms with E-state index in [4.69, 9.17) is 5.11 Å². The van der Waals surface area contributed by atoms with Gasteiger partial charge in [-0.25, -0.2) is 0 Å². The molecule has 1 rings (SSSR count). The van der Waals surface area contributed by atoms with Crippen LogP contribution in [-0.2, 0) is 0 Å². The van der Waals surface area contributed by atoms with E-state index in [0.717, 1.165) is 12.2 Å². The van der Waals surface area contributed by atoms with E-state index in [1.807, 2.05) is 11.8 Å². The highest BCUT2D eigenvalue weighted by Gasteiger charge is 2.24. The smallest absolute Gasteiger partial charge is 0.0585 e. The zero-order valence-corrected chi connectivity index (χ0v) is 10.4. The third-order valence-electron chi connectivity index (χ3n) is 2.27. The molecule has 2 nitrogen and oxygen atoms in total. The molecular weight excluding hydrogens is 194 g/mol. The van der Waals surface area contributed by atoms with Gasteiger partial charge in [0.05, 0.1) is 6.61 Å². The van der Waals surface area contributed by atoms with Gasteiger partial charge in [-0.15, -0.1) is 0 Å². The number of thioether (sulfide) groups is 1. The normalized spacial score (nSPS) is 19.7. The summed E-state index contributed by atoms with van der Waals surface area (Å²) in [4.78, 5) is 0. The van der Waals surface area contributed by atoms with Crippen LogP contribution in [0.2, 0.25) is 0 Å². The summed E-state index contributed by atoms with van der Waals surface area (Å²) in [6.45, 7) is 6.99. The van der Waals surface area contributed by atoms with Gasteiger partial charge in [-0.1, -0.05) is 20.8 Å². The maximum atomic E-state index is 9.16. The minimum atomic E-state index is 0.279. The molecule has 1 unspecified atom stereocenters. The average molecular weight is 217 g/mol. The van der Waals surface area contributed by atoms with Crippen molar-refractivity contribution in [3.63, 3.8) is 0 Å². The Morgan fingerprint density at radius 3 is 2.50 bits per heavy atom. The van der Waals surface area contributed by atoms with Gasteiger partial charge in [0, 0.05) is 16.8 Å². The molecule has 0 spiro atoms. The van der Waals surface area contributed by atoms with E-state index in [2.05, 4.69) is 26.1 Å². The molecule has 0 aliphatic heterocycles. The maximum Gasteiger partial charge on any atom is 0.0585 e. The van der Waals surface area contributed by atoms with Crippen molar-refractivity contribution in [1.29, 1.82) is 0 Å². The second kappa shape index (κ2) is 5.38. The first-order valence-electron chi connectivity index (χ1n) is 5.52. The van der Waals surface area contributed by atoms with E-state index in [-0.39, 0.29) is 6.61 Å². The van der Waals surface area contributed by atoms with Crippen LogP contribution in [0.15, 0.2) is 0 Å². The molecule has 0 aromatic rings. The van der Waals surface area contributed by atoms with Gasteiger partial charge in [-0.2, -0.15) is 11.8 Å². The number of hydrogen-bond acceptors (Lipinski definition) is 3. The van der Waals surface area contributed by atoms with Crippen molar-refractivity contribution in [2.45, 2.75) is 56.9 Å². The van der Waals surface area contributed by atoms with Gasteiger partial charge < -0.3 is 10.4 Å². The Bertz CT molecular complexity index is 163. The van der Waals surface area contributed by atoms with Crippen molar-refractivity contribution in [2.24, 2.45) is 0 Å². The van der Waals surface area contributed by atoms with E-state index in [1.54, 1.807) is 0 Å². The molecule has 0 aromatic carbocycles. The Morgan fingerprint density at radius 2 is 2.07 bits per heavy atom. The Balaban J connectivity index is 2.07. The van der Waals surface area contributed by atoms with Gasteiger partial charge in [0.2, 0.25) is 0 Å². The largest absolute Gasteiger partial charge is 0.395 e. The summed E-state index contributed by atoms with van der Waals surface area (Å²) in [5, 5.41) is 12.6. The average Bonchev–Trinajstić information content (AvgIpc) is 2.84. The number of hydrogen-bond donors (Lipinski definition) is 2. The Labute approximate surface area is 91.9 Å². The van der Waals surface area contributed by atoms with Crippen molar-refractivity contribution in [1.82, 2.24) is 5.32 Å². The van der Waals surface area contributed by atoms with Crippen LogP contribution < -0.4 is 5.32 Å². The maximum absolute atomic E-state index is 9.16. The second-order valence-electron chi connectivity index (χ2n) is 5.07. The summed E-state index contributed by atoms with van der Waals surface area (Å²) in [6, 6.07) is 1.02. The Morgan fingerprint density at radius 1 is 1.43 bits per heavy atom. The van der Waals surface area contributed by atoms with E-state index in [1.165, 1.54) is 12.8 Å². The topological polar surface area (TPSA) is 32.3 Å². The first-order valence-corrected chi connectivity index (χ1v) is 6.50. The van der Waals surface area contributed by atoms with Crippen LogP contribution in [0.4, 0.5) is 0 Å². The monoisotopic (exact) mass is 217 g/mol. The molecule has 0 aromatic heterocycles. The summed E-state index contributed by atoms with van der Waals surface area (Å²) >= 11 is 1.97. The standard InChI is InChI=1S/C11H23NOS/c1-11(2,3)14-7-6-10(8-13)12-9-4-5-9/h9-10,12-13H,4-8H2,1-3H3. The fraction of sp³-hybridized carbons (Fsp3) is 1.00. The second-order valence-corrected chi connectivity index (χ2v) is 6.99. The van der Waals surface area contributed by atoms with Gasteiger partial charge in [0.25, 0.3) is 0 Å². The summed E-state index contributed by atoms with van der Waals surface area (Å²) in [6.07, 6.45) is 3.67. The lowest BCUT2D eigenvalue weighted by Gasteiger charge is -2.20. The van der Waals surface area contributed by atoms with Crippen molar-refractivity contribution < 1.29 is 5.11 Å². The quantitative estimate of drug-likeness (QED) is 0.714. The van der Waals surface area contributed by atoms with E-state index < -0.39 is 0 Å². The van der Waals surface area contributed by atoms with Crippen LogP contribution in [0.25, 0.3) is 0 Å². The van der Waals surface area contributed by atoms with Gasteiger partial charge in [-0.05, 0) is 25.0 Å². The van der Waals surface area contributed by atoms with Crippen LogP contribution in [0.3, 0.4) is 0 Å².